The van der Waals surface area contributed by atoms with Gasteiger partial charge in [0.1, 0.15) is 6.54 Å². The molecule has 0 saturated carbocycles. The maximum atomic E-state index is 14.6. The Morgan fingerprint density at radius 3 is 2.43 bits per heavy atom. The molecular formula is C17H17F3N+. The molecule has 2 aromatic rings. The first kappa shape index (κ1) is 14.1. The lowest BCUT2D eigenvalue weighted by Gasteiger charge is -2.36. The number of halogens is 3. The van der Waals surface area contributed by atoms with Crippen LogP contribution in [-0.2, 0) is 6.54 Å². The van der Waals surface area contributed by atoms with Crippen molar-refractivity contribution in [1.82, 2.24) is 4.48 Å². The van der Waals surface area contributed by atoms with Crippen LogP contribution in [0, 0.1) is 11.6 Å². The predicted octanol–water partition coefficient (Wildman–Crippen LogP) is 4.56. The fourth-order valence-corrected chi connectivity index (χ4v) is 3.21. The molecule has 4 heteroatoms. The third kappa shape index (κ3) is 2.44. The molecule has 21 heavy (non-hydrogen) atoms. The second kappa shape index (κ2) is 5.53. The van der Waals surface area contributed by atoms with E-state index < -0.39 is 17.9 Å². The Morgan fingerprint density at radius 1 is 1.00 bits per heavy atom. The number of hydrogen-bond donors (Lipinski definition) is 0. The molecule has 0 aliphatic carbocycles. The lowest BCUT2D eigenvalue weighted by molar-refractivity contribution is 0.119. The Morgan fingerprint density at radius 2 is 1.76 bits per heavy atom. The smallest absolute Gasteiger partial charge is 0.237 e. The quantitative estimate of drug-likeness (QED) is 0.574. The van der Waals surface area contributed by atoms with E-state index >= 15 is 0 Å². The Hall–Kier alpha value is -1.81. The van der Waals surface area contributed by atoms with Crippen molar-refractivity contribution < 1.29 is 13.2 Å². The highest BCUT2D eigenvalue weighted by molar-refractivity contribution is 5.46. The lowest BCUT2D eigenvalue weighted by Crippen LogP contribution is -2.51. The van der Waals surface area contributed by atoms with E-state index in [1.165, 1.54) is 12.1 Å². The number of hydrogen-bond acceptors (Lipinski definition) is 0. The first-order valence-electron chi connectivity index (χ1n) is 7.13. The molecule has 1 heterocycles. The van der Waals surface area contributed by atoms with Crippen molar-refractivity contribution in [3.63, 3.8) is 0 Å². The minimum atomic E-state index is -1.21. The Bertz CT molecular complexity index is 629. The first-order valence-corrected chi connectivity index (χ1v) is 7.13. The minimum Gasteiger partial charge on any atom is -0.256 e. The van der Waals surface area contributed by atoms with E-state index in [0.29, 0.717) is 25.9 Å². The van der Waals surface area contributed by atoms with Crippen LogP contribution in [0.4, 0.5) is 18.9 Å². The summed E-state index contributed by atoms with van der Waals surface area (Å²) in [6.45, 7) is 0.818. The SMILES string of the molecule is Fc1cccc([N@+]2(Cc3ccccc3)CCC[C@@H]2F)c1F. The largest absolute Gasteiger partial charge is 0.256 e. The van der Waals surface area contributed by atoms with Gasteiger partial charge in [0.15, 0.2) is 11.5 Å². The van der Waals surface area contributed by atoms with Gasteiger partial charge in [-0.3, -0.25) is 4.48 Å². The second-order valence-electron chi connectivity index (χ2n) is 5.55. The van der Waals surface area contributed by atoms with E-state index in [1.807, 2.05) is 30.3 Å². The number of likely N-dealkylation sites (tertiary alicyclic amines) is 1. The molecule has 3 rings (SSSR count). The molecule has 0 bridgehead atoms. The highest BCUT2D eigenvalue weighted by Crippen LogP contribution is 2.39. The van der Waals surface area contributed by atoms with Crippen molar-refractivity contribution in [1.29, 1.82) is 0 Å². The molecule has 0 spiro atoms. The molecule has 0 aromatic heterocycles. The number of rotatable bonds is 3. The van der Waals surface area contributed by atoms with Gasteiger partial charge in [-0.25, -0.2) is 4.39 Å². The van der Waals surface area contributed by atoms with Crippen LogP contribution >= 0.6 is 0 Å². The van der Waals surface area contributed by atoms with Gasteiger partial charge in [-0.05, 0) is 6.07 Å². The summed E-state index contributed by atoms with van der Waals surface area (Å²) in [6.07, 6.45) is -0.159. The van der Waals surface area contributed by atoms with E-state index in [4.69, 9.17) is 0 Å². The maximum Gasteiger partial charge on any atom is 0.237 e. The highest BCUT2D eigenvalue weighted by Gasteiger charge is 2.46. The molecule has 1 aliphatic heterocycles. The van der Waals surface area contributed by atoms with Gasteiger partial charge < -0.3 is 0 Å². The number of benzene rings is 2. The minimum absolute atomic E-state index is 0.115. The van der Waals surface area contributed by atoms with Gasteiger partial charge in [0.25, 0.3) is 0 Å². The van der Waals surface area contributed by atoms with Crippen LogP contribution in [0.3, 0.4) is 0 Å². The predicted molar refractivity (Wildman–Crippen MR) is 77.3 cm³/mol. The van der Waals surface area contributed by atoms with Gasteiger partial charge in [0.2, 0.25) is 12.1 Å². The summed E-state index contributed by atoms with van der Waals surface area (Å²) in [7, 11) is 0. The van der Waals surface area contributed by atoms with Crippen molar-refractivity contribution in [2.75, 3.05) is 6.54 Å². The summed E-state index contributed by atoms with van der Waals surface area (Å²) < 4.78 is 42.2. The Kier molecular flexibility index (Phi) is 3.72. The molecule has 0 amide bonds. The molecule has 2 aromatic carbocycles. The molecule has 1 fully saturated rings. The van der Waals surface area contributed by atoms with Gasteiger partial charge in [-0.1, -0.05) is 36.4 Å². The molecule has 2 atom stereocenters. The van der Waals surface area contributed by atoms with Gasteiger partial charge >= 0.3 is 0 Å². The number of nitrogens with zero attached hydrogens (tertiary/aromatic N) is 1. The van der Waals surface area contributed by atoms with E-state index in [9.17, 15) is 13.2 Å². The number of quaternary nitrogens is 1. The van der Waals surface area contributed by atoms with Crippen LogP contribution in [0.1, 0.15) is 18.4 Å². The summed E-state index contributed by atoms with van der Waals surface area (Å²) in [5.41, 5.74) is 1.04. The van der Waals surface area contributed by atoms with Crippen molar-refractivity contribution in [3.05, 3.63) is 65.7 Å². The summed E-state index contributed by atoms with van der Waals surface area (Å²) in [5.74, 6) is -1.85. The zero-order valence-corrected chi connectivity index (χ0v) is 11.6. The van der Waals surface area contributed by atoms with Crippen LogP contribution in [0.5, 0.6) is 0 Å². The Labute approximate surface area is 122 Å². The molecule has 0 radical (unpaired) electrons. The molecule has 1 saturated heterocycles. The van der Waals surface area contributed by atoms with Crippen LogP contribution in [0.15, 0.2) is 48.5 Å². The fraction of sp³-hybridized carbons (Fsp3) is 0.294. The van der Waals surface area contributed by atoms with Crippen LogP contribution in [0.25, 0.3) is 0 Å². The van der Waals surface area contributed by atoms with Crippen molar-refractivity contribution in [2.24, 2.45) is 0 Å². The molecule has 0 unspecified atom stereocenters. The molecule has 110 valence electrons. The van der Waals surface area contributed by atoms with Crippen molar-refractivity contribution in [2.45, 2.75) is 25.7 Å². The van der Waals surface area contributed by atoms with Gasteiger partial charge in [0.05, 0.1) is 6.54 Å². The summed E-state index contributed by atoms with van der Waals surface area (Å²) in [6, 6.07) is 13.4. The lowest BCUT2D eigenvalue weighted by atomic mass is 10.1. The van der Waals surface area contributed by atoms with Gasteiger partial charge in [-0.15, -0.1) is 0 Å². The topological polar surface area (TPSA) is 0 Å². The normalized spacial score (nSPS) is 25.2. The van der Waals surface area contributed by atoms with E-state index in [1.54, 1.807) is 0 Å². The highest BCUT2D eigenvalue weighted by atomic mass is 19.2. The standard InChI is InChI=1S/C17H17F3N/c18-14-8-4-9-15(17(14)20)21(11-5-10-16(21)19)12-13-6-2-1-3-7-13/h1-4,6-9,16H,5,10-12H2/q+1/t16-,21-/m1/s1. The third-order valence-corrected chi connectivity index (χ3v) is 4.25. The second-order valence-corrected chi connectivity index (χ2v) is 5.55. The van der Waals surface area contributed by atoms with Crippen LogP contribution < -0.4 is 4.48 Å². The number of alkyl halides is 1. The average molecular weight is 292 g/mol. The average Bonchev–Trinajstić information content (AvgIpc) is 2.85. The molecule has 1 nitrogen and oxygen atoms in total. The van der Waals surface area contributed by atoms with Crippen molar-refractivity contribution in [3.8, 4) is 0 Å². The summed E-state index contributed by atoms with van der Waals surface area (Å²) in [5, 5.41) is 0. The zero-order chi connectivity index (χ0) is 14.9. The van der Waals surface area contributed by atoms with E-state index in [0.717, 1.165) is 11.6 Å². The van der Waals surface area contributed by atoms with E-state index in [-0.39, 0.29) is 10.2 Å². The monoisotopic (exact) mass is 292 g/mol. The Balaban J connectivity index is 2.08. The molecular weight excluding hydrogens is 275 g/mol. The molecule has 0 N–H and O–H groups in total. The third-order valence-electron chi connectivity index (χ3n) is 4.25. The van der Waals surface area contributed by atoms with Gasteiger partial charge in [-0.2, -0.15) is 8.78 Å². The van der Waals surface area contributed by atoms with Crippen molar-refractivity contribution >= 4 is 5.69 Å². The van der Waals surface area contributed by atoms with E-state index in [2.05, 4.69) is 0 Å². The maximum absolute atomic E-state index is 14.6. The van der Waals surface area contributed by atoms with Crippen LogP contribution in [0.2, 0.25) is 0 Å². The molecule has 1 aliphatic rings. The first-order chi connectivity index (χ1) is 10.1. The van der Waals surface area contributed by atoms with Crippen LogP contribution in [-0.4, -0.2) is 12.8 Å². The summed E-state index contributed by atoms with van der Waals surface area (Å²) >= 11 is 0. The summed E-state index contributed by atoms with van der Waals surface area (Å²) in [4.78, 5) is 0. The fourth-order valence-electron chi connectivity index (χ4n) is 3.21. The van der Waals surface area contributed by atoms with Gasteiger partial charge in [0, 0.05) is 24.5 Å². The zero-order valence-electron chi connectivity index (χ0n) is 11.6.